The molecule has 3 N–H and O–H groups in total. The molecule has 0 spiro atoms. The number of nitrogens with zero attached hydrogens (tertiary/aromatic N) is 2. The molecule has 8 heteroatoms. The van der Waals surface area contributed by atoms with Gasteiger partial charge >= 0.3 is 0 Å². The predicted molar refractivity (Wildman–Crippen MR) is 132 cm³/mol. The van der Waals surface area contributed by atoms with Gasteiger partial charge in [-0.2, -0.15) is 10.4 Å². The number of hydrogen-bond donors (Lipinski definition) is 3. The zero-order valence-electron chi connectivity index (χ0n) is 19.7. The lowest BCUT2D eigenvalue weighted by Crippen LogP contribution is -2.62. The Kier molecular flexibility index (Phi) is 6.39. The van der Waals surface area contributed by atoms with E-state index in [2.05, 4.69) is 54.6 Å². The molecule has 2 heterocycles. The van der Waals surface area contributed by atoms with Gasteiger partial charge in [-0.25, -0.2) is 0 Å². The van der Waals surface area contributed by atoms with Crippen LogP contribution in [0.3, 0.4) is 0 Å². The Morgan fingerprint density at radius 3 is 2.50 bits per heavy atom. The Bertz CT molecular complexity index is 1230. The van der Waals surface area contributed by atoms with Crippen LogP contribution in [-0.4, -0.2) is 33.2 Å². The van der Waals surface area contributed by atoms with Crippen molar-refractivity contribution in [2.45, 2.75) is 57.7 Å². The van der Waals surface area contributed by atoms with Crippen LogP contribution in [-0.2, 0) is 0 Å². The molecule has 1 aliphatic heterocycles. The summed E-state index contributed by atoms with van der Waals surface area (Å²) in [5.41, 5.74) is 2.07. The van der Waals surface area contributed by atoms with Crippen LogP contribution in [0.5, 0.6) is 11.5 Å². The Morgan fingerprint density at radius 2 is 1.88 bits per heavy atom. The third-order valence-electron chi connectivity index (χ3n) is 5.87. The summed E-state index contributed by atoms with van der Waals surface area (Å²) in [6, 6.07) is 14.3. The molecule has 0 bridgehead atoms. The van der Waals surface area contributed by atoms with E-state index in [9.17, 15) is 10.1 Å². The zero-order valence-corrected chi connectivity index (χ0v) is 20.5. The molecule has 0 aliphatic carbocycles. The first-order chi connectivity index (χ1) is 16.1. The Balaban J connectivity index is 1.52. The molecule has 0 unspecified atom stereocenters. The number of hydrogen-bond acceptors (Lipinski definition) is 5. The lowest BCUT2D eigenvalue weighted by molar-refractivity contribution is 0.0873. The average molecular weight is 478 g/mol. The maximum Gasteiger partial charge on any atom is 0.251 e. The number of aromatic nitrogens is 2. The normalized spacial score (nSPS) is 17.1. The monoisotopic (exact) mass is 477 g/mol. The molecule has 0 radical (unpaired) electrons. The van der Waals surface area contributed by atoms with Gasteiger partial charge in [0.2, 0.25) is 0 Å². The maximum absolute atomic E-state index is 12.9. The molecule has 1 aliphatic rings. The second-order valence-corrected chi connectivity index (χ2v) is 10.4. The van der Waals surface area contributed by atoms with Crippen LogP contribution in [0.15, 0.2) is 48.7 Å². The van der Waals surface area contributed by atoms with E-state index < -0.39 is 0 Å². The molecule has 2 aromatic carbocycles. The van der Waals surface area contributed by atoms with Crippen LogP contribution in [0.4, 0.5) is 0 Å². The van der Waals surface area contributed by atoms with Gasteiger partial charge in [0.25, 0.3) is 5.91 Å². The molecule has 1 fully saturated rings. The number of aromatic amines is 1. The number of nitriles is 1. The van der Waals surface area contributed by atoms with E-state index in [0.29, 0.717) is 33.9 Å². The van der Waals surface area contributed by atoms with Crippen molar-refractivity contribution >= 4 is 17.5 Å². The zero-order chi connectivity index (χ0) is 24.5. The number of carbonyl (C=O) groups excluding carboxylic acids is 1. The quantitative estimate of drug-likeness (QED) is 0.454. The molecule has 1 aromatic heterocycles. The van der Waals surface area contributed by atoms with Crippen molar-refractivity contribution < 1.29 is 9.53 Å². The highest BCUT2D eigenvalue weighted by Gasteiger charge is 2.38. The Hall–Kier alpha value is -3.34. The molecule has 0 atom stereocenters. The molecule has 34 heavy (non-hydrogen) atoms. The second kappa shape index (κ2) is 9.13. The standard InChI is InChI=1S/C26H28ClN5O2/c1-25(2)13-17(14-26(3,4)32-25)30-24(33)16-8-9-23(20(27)12-16)34-22-7-5-6-18(19(22)15-28)21-10-11-29-31-21/h5-12,17,32H,13-14H2,1-4H3,(H,29,31)(H,30,33). The van der Waals surface area contributed by atoms with E-state index in [1.165, 1.54) is 0 Å². The van der Waals surface area contributed by atoms with Gasteiger partial charge in [0.15, 0.2) is 0 Å². The number of amides is 1. The minimum absolute atomic E-state index is 0.0526. The summed E-state index contributed by atoms with van der Waals surface area (Å²) >= 11 is 6.48. The number of benzene rings is 2. The molecular formula is C26H28ClN5O2. The smallest absolute Gasteiger partial charge is 0.251 e. The van der Waals surface area contributed by atoms with Crippen molar-refractivity contribution in [1.29, 1.82) is 5.26 Å². The number of H-pyrrole nitrogens is 1. The van der Waals surface area contributed by atoms with Crippen LogP contribution >= 0.6 is 11.6 Å². The summed E-state index contributed by atoms with van der Waals surface area (Å²) in [7, 11) is 0. The van der Waals surface area contributed by atoms with Crippen molar-refractivity contribution in [3.8, 4) is 28.8 Å². The summed E-state index contributed by atoms with van der Waals surface area (Å²) in [6.45, 7) is 8.58. The summed E-state index contributed by atoms with van der Waals surface area (Å²) in [6.07, 6.45) is 3.29. The first-order valence-corrected chi connectivity index (χ1v) is 11.6. The van der Waals surface area contributed by atoms with Gasteiger partial charge in [-0.05, 0) is 70.9 Å². The van der Waals surface area contributed by atoms with E-state index in [1.807, 2.05) is 6.07 Å². The molecule has 3 aromatic rings. The van der Waals surface area contributed by atoms with E-state index in [4.69, 9.17) is 16.3 Å². The lowest BCUT2D eigenvalue weighted by atomic mass is 9.79. The third-order valence-corrected chi connectivity index (χ3v) is 6.16. The van der Waals surface area contributed by atoms with E-state index >= 15 is 0 Å². The third kappa shape index (κ3) is 5.24. The lowest BCUT2D eigenvalue weighted by Gasteiger charge is -2.46. The Labute approximate surface area is 204 Å². The highest BCUT2D eigenvalue weighted by molar-refractivity contribution is 6.32. The summed E-state index contributed by atoms with van der Waals surface area (Å²) in [4.78, 5) is 12.9. The van der Waals surface area contributed by atoms with Crippen LogP contribution in [0.1, 0.15) is 56.5 Å². The number of piperidine rings is 1. The highest BCUT2D eigenvalue weighted by Crippen LogP contribution is 2.35. The summed E-state index contributed by atoms with van der Waals surface area (Å²) < 4.78 is 5.98. The summed E-state index contributed by atoms with van der Waals surface area (Å²) in [5.74, 6) is 0.555. The molecule has 7 nitrogen and oxygen atoms in total. The van der Waals surface area contributed by atoms with E-state index in [0.717, 1.165) is 12.8 Å². The van der Waals surface area contributed by atoms with Crippen LogP contribution < -0.4 is 15.4 Å². The van der Waals surface area contributed by atoms with Gasteiger partial charge in [-0.3, -0.25) is 9.89 Å². The minimum atomic E-state index is -0.175. The van der Waals surface area contributed by atoms with Gasteiger partial charge in [0.1, 0.15) is 23.1 Å². The van der Waals surface area contributed by atoms with Crippen molar-refractivity contribution in [2.24, 2.45) is 0 Å². The fourth-order valence-electron chi connectivity index (χ4n) is 4.90. The molecular weight excluding hydrogens is 450 g/mol. The predicted octanol–water partition coefficient (Wildman–Crippen LogP) is 5.43. The number of rotatable bonds is 5. The van der Waals surface area contributed by atoms with Gasteiger partial charge in [-0.15, -0.1) is 0 Å². The molecule has 176 valence electrons. The van der Waals surface area contributed by atoms with Crippen LogP contribution in [0.2, 0.25) is 5.02 Å². The second-order valence-electron chi connectivity index (χ2n) is 9.98. The van der Waals surface area contributed by atoms with Gasteiger partial charge in [0.05, 0.1) is 10.7 Å². The maximum atomic E-state index is 12.9. The van der Waals surface area contributed by atoms with E-state index in [-0.39, 0.29) is 28.0 Å². The van der Waals surface area contributed by atoms with Crippen LogP contribution in [0, 0.1) is 11.3 Å². The SMILES string of the molecule is CC1(C)CC(NC(=O)c2ccc(Oc3cccc(-c4ccn[nH]4)c3C#N)c(Cl)c2)CC(C)(C)N1. The number of halogens is 1. The Morgan fingerprint density at radius 1 is 1.15 bits per heavy atom. The largest absolute Gasteiger partial charge is 0.454 e. The minimum Gasteiger partial charge on any atom is -0.454 e. The van der Waals surface area contributed by atoms with E-state index in [1.54, 1.807) is 42.6 Å². The molecule has 4 rings (SSSR count). The average Bonchev–Trinajstić information content (AvgIpc) is 3.27. The van der Waals surface area contributed by atoms with Gasteiger partial charge in [-0.1, -0.05) is 23.7 Å². The van der Waals surface area contributed by atoms with Crippen molar-refractivity contribution in [3.05, 3.63) is 64.8 Å². The van der Waals surface area contributed by atoms with Crippen molar-refractivity contribution in [3.63, 3.8) is 0 Å². The summed E-state index contributed by atoms with van der Waals surface area (Å²) in [5, 5.41) is 23.6. The molecule has 1 amide bonds. The fraction of sp³-hybridized carbons (Fsp3) is 0.346. The number of nitrogens with one attached hydrogen (secondary N) is 3. The van der Waals surface area contributed by atoms with Crippen molar-refractivity contribution in [2.75, 3.05) is 0 Å². The molecule has 0 saturated carbocycles. The topological polar surface area (TPSA) is 103 Å². The first kappa shape index (κ1) is 23.8. The van der Waals surface area contributed by atoms with Crippen LogP contribution in [0.25, 0.3) is 11.3 Å². The fourth-order valence-corrected chi connectivity index (χ4v) is 5.12. The number of ether oxygens (including phenoxy) is 1. The van der Waals surface area contributed by atoms with Gasteiger partial charge < -0.3 is 15.4 Å². The number of carbonyl (C=O) groups is 1. The van der Waals surface area contributed by atoms with Gasteiger partial charge in [0, 0.05) is 34.4 Å². The first-order valence-electron chi connectivity index (χ1n) is 11.2. The molecule has 1 saturated heterocycles. The highest BCUT2D eigenvalue weighted by atomic mass is 35.5. The van der Waals surface area contributed by atoms with Crippen molar-refractivity contribution in [1.82, 2.24) is 20.8 Å².